The first kappa shape index (κ1) is 20.7. The summed E-state index contributed by atoms with van der Waals surface area (Å²) in [4.78, 5) is 12.1. The Morgan fingerprint density at radius 3 is 2.13 bits per heavy atom. The molecule has 0 heterocycles. The smallest absolute Gasteiger partial charge is 0.407 e. The molecule has 0 aliphatic heterocycles. The van der Waals surface area contributed by atoms with Gasteiger partial charge in [-0.05, 0) is 28.7 Å². The standard InChI is InChI=1S/C25H20F3NO2/c26-16-13-23(27)21(24(28)14-16)11-5-6-12-29-25(30)31-15-22-19-9-3-1-7-17(19)18-8-2-4-10-20(18)22/h1-5,7-11,13-14,22H,6,12,15H2,(H,29,30). The van der Waals surface area contributed by atoms with Gasteiger partial charge >= 0.3 is 6.09 Å². The van der Waals surface area contributed by atoms with Crippen LogP contribution in [0.4, 0.5) is 18.0 Å². The normalized spacial score (nSPS) is 12.6. The van der Waals surface area contributed by atoms with Gasteiger partial charge in [0, 0.05) is 30.2 Å². The highest BCUT2D eigenvalue weighted by atomic mass is 19.1. The number of rotatable bonds is 6. The van der Waals surface area contributed by atoms with Gasteiger partial charge in [0.25, 0.3) is 0 Å². The van der Waals surface area contributed by atoms with Gasteiger partial charge in [0.05, 0.1) is 0 Å². The van der Waals surface area contributed by atoms with Gasteiger partial charge < -0.3 is 10.1 Å². The van der Waals surface area contributed by atoms with Crippen molar-refractivity contribution in [2.45, 2.75) is 12.3 Å². The molecule has 1 amide bonds. The molecule has 1 aliphatic carbocycles. The van der Waals surface area contributed by atoms with Gasteiger partial charge in [0.2, 0.25) is 0 Å². The molecule has 3 nitrogen and oxygen atoms in total. The first-order valence-electron chi connectivity index (χ1n) is 9.94. The highest BCUT2D eigenvalue weighted by Crippen LogP contribution is 2.44. The molecule has 0 radical (unpaired) electrons. The van der Waals surface area contributed by atoms with Crippen LogP contribution < -0.4 is 5.32 Å². The molecule has 0 saturated heterocycles. The highest BCUT2D eigenvalue weighted by Gasteiger charge is 2.28. The lowest BCUT2D eigenvalue weighted by Crippen LogP contribution is -2.26. The second-order valence-corrected chi connectivity index (χ2v) is 7.23. The fraction of sp³-hybridized carbons (Fsp3) is 0.160. The van der Waals surface area contributed by atoms with Gasteiger partial charge in [-0.1, -0.05) is 60.7 Å². The van der Waals surface area contributed by atoms with Crippen molar-refractivity contribution in [3.05, 3.63) is 101 Å². The number of ether oxygens (including phenoxy) is 1. The van der Waals surface area contributed by atoms with Gasteiger partial charge in [-0.15, -0.1) is 0 Å². The lowest BCUT2D eigenvalue weighted by Gasteiger charge is -2.14. The minimum absolute atomic E-state index is 0.0255. The van der Waals surface area contributed by atoms with E-state index in [9.17, 15) is 18.0 Å². The van der Waals surface area contributed by atoms with E-state index in [1.807, 2.05) is 36.4 Å². The maximum absolute atomic E-state index is 13.6. The first-order valence-corrected chi connectivity index (χ1v) is 9.94. The van der Waals surface area contributed by atoms with E-state index < -0.39 is 23.5 Å². The van der Waals surface area contributed by atoms with Crippen LogP contribution in [-0.4, -0.2) is 19.2 Å². The number of benzene rings is 3. The summed E-state index contributed by atoms with van der Waals surface area (Å²) in [5.41, 5.74) is 4.24. The summed E-state index contributed by atoms with van der Waals surface area (Å²) in [7, 11) is 0. The Labute approximate surface area is 178 Å². The van der Waals surface area contributed by atoms with Gasteiger partial charge in [-0.3, -0.25) is 0 Å². The molecule has 158 valence electrons. The SMILES string of the molecule is O=C(NCCC=Cc1c(F)cc(F)cc1F)OCC1c2ccccc2-c2ccccc21. The summed E-state index contributed by atoms with van der Waals surface area (Å²) in [6.45, 7) is 0.444. The number of alkyl carbamates (subject to hydrolysis) is 1. The molecule has 1 aliphatic rings. The number of amides is 1. The molecule has 0 aromatic heterocycles. The fourth-order valence-corrected chi connectivity index (χ4v) is 3.82. The molecule has 0 fully saturated rings. The first-order chi connectivity index (χ1) is 15.0. The Balaban J connectivity index is 1.29. The second kappa shape index (κ2) is 9.08. The van der Waals surface area contributed by atoms with Gasteiger partial charge in [-0.25, -0.2) is 18.0 Å². The predicted octanol–water partition coefficient (Wildman–Crippen LogP) is 6.05. The Bertz CT molecular complexity index is 1070. The number of halogens is 3. The maximum atomic E-state index is 13.6. The maximum Gasteiger partial charge on any atom is 0.407 e. The van der Waals surface area contributed by atoms with Crippen molar-refractivity contribution in [3.8, 4) is 11.1 Å². The molecule has 1 N–H and O–H groups in total. The summed E-state index contributed by atoms with van der Waals surface area (Å²) in [5.74, 6) is -2.94. The lowest BCUT2D eigenvalue weighted by molar-refractivity contribution is 0.143. The van der Waals surface area contributed by atoms with Crippen molar-refractivity contribution < 1.29 is 22.7 Å². The Morgan fingerprint density at radius 2 is 1.52 bits per heavy atom. The van der Waals surface area contributed by atoms with Crippen LogP contribution in [0.2, 0.25) is 0 Å². The van der Waals surface area contributed by atoms with E-state index >= 15 is 0 Å². The molecule has 0 atom stereocenters. The molecule has 0 unspecified atom stereocenters. The molecule has 6 heteroatoms. The average molecular weight is 423 g/mol. The van der Waals surface area contributed by atoms with Crippen LogP contribution in [0.3, 0.4) is 0 Å². The zero-order valence-corrected chi connectivity index (χ0v) is 16.6. The van der Waals surface area contributed by atoms with Crippen LogP contribution in [0.5, 0.6) is 0 Å². The van der Waals surface area contributed by atoms with Crippen molar-refractivity contribution in [1.29, 1.82) is 0 Å². The third-order valence-electron chi connectivity index (χ3n) is 5.25. The van der Waals surface area contributed by atoms with Crippen LogP contribution in [0.25, 0.3) is 17.2 Å². The van der Waals surface area contributed by atoms with E-state index in [2.05, 4.69) is 17.4 Å². The van der Waals surface area contributed by atoms with Crippen molar-refractivity contribution in [3.63, 3.8) is 0 Å². The monoisotopic (exact) mass is 423 g/mol. The third kappa shape index (κ3) is 4.48. The summed E-state index contributed by atoms with van der Waals surface area (Å²) < 4.78 is 45.5. The molecule has 0 spiro atoms. The third-order valence-corrected chi connectivity index (χ3v) is 5.25. The van der Waals surface area contributed by atoms with Crippen molar-refractivity contribution in [2.75, 3.05) is 13.2 Å². The number of carbonyl (C=O) groups is 1. The van der Waals surface area contributed by atoms with Gasteiger partial charge in [-0.2, -0.15) is 0 Å². The van der Waals surface area contributed by atoms with Crippen molar-refractivity contribution in [2.24, 2.45) is 0 Å². The summed E-state index contributed by atoms with van der Waals surface area (Å²) >= 11 is 0. The van der Waals surface area contributed by atoms with E-state index in [1.54, 1.807) is 0 Å². The number of hydrogen-bond acceptors (Lipinski definition) is 2. The second-order valence-electron chi connectivity index (χ2n) is 7.23. The zero-order valence-electron chi connectivity index (χ0n) is 16.6. The van der Waals surface area contributed by atoms with E-state index in [4.69, 9.17) is 4.74 Å². The van der Waals surface area contributed by atoms with Crippen LogP contribution in [0.1, 0.15) is 29.0 Å². The van der Waals surface area contributed by atoms with E-state index in [0.717, 1.165) is 22.3 Å². The van der Waals surface area contributed by atoms with Gasteiger partial charge in [0.15, 0.2) is 0 Å². The van der Waals surface area contributed by atoms with Crippen LogP contribution >= 0.6 is 0 Å². The molecule has 31 heavy (non-hydrogen) atoms. The lowest BCUT2D eigenvalue weighted by atomic mass is 9.98. The number of hydrogen-bond donors (Lipinski definition) is 1. The van der Waals surface area contributed by atoms with Crippen LogP contribution in [0.15, 0.2) is 66.7 Å². The predicted molar refractivity (Wildman–Crippen MR) is 113 cm³/mol. The molecule has 0 saturated carbocycles. The number of nitrogens with one attached hydrogen (secondary N) is 1. The summed E-state index contributed by atoms with van der Waals surface area (Å²) in [6, 6.07) is 17.4. The van der Waals surface area contributed by atoms with Crippen LogP contribution in [0, 0.1) is 17.5 Å². The molecular weight excluding hydrogens is 403 g/mol. The largest absolute Gasteiger partial charge is 0.449 e. The van der Waals surface area contributed by atoms with Crippen LogP contribution in [-0.2, 0) is 4.74 Å². The molecule has 0 bridgehead atoms. The average Bonchev–Trinajstić information content (AvgIpc) is 3.07. The van der Waals surface area contributed by atoms with E-state index in [0.29, 0.717) is 18.6 Å². The molecule has 3 aromatic rings. The van der Waals surface area contributed by atoms with Crippen molar-refractivity contribution >= 4 is 12.2 Å². The number of fused-ring (bicyclic) bond motifs is 3. The zero-order chi connectivity index (χ0) is 21.8. The highest BCUT2D eigenvalue weighted by molar-refractivity contribution is 5.79. The Morgan fingerprint density at radius 1 is 0.935 bits per heavy atom. The molecular formula is C25H20F3NO2. The molecule has 4 rings (SSSR count). The number of carbonyl (C=O) groups excluding carboxylic acids is 1. The topological polar surface area (TPSA) is 38.3 Å². The summed E-state index contributed by atoms with van der Waals surface area (Å²) in [6.07, 6.45) is 2.50. The van der Waals surface area contributed by atoms with Gasteiger partial charge in [0.1, 0.15) is 24.1 Å². The Hall–Kier alpha value is -3.54. The fourth-order valence-electron chi connectivity index (χ4n) is 3.82. The Kier molecular flexibility index (Phi) is 6.07. The minimum Gasteiger partial charge on any atom is -0.449 e. The molecule has 3 aromatic carbocycles. The van der Waals surface area contributed by atoms with E-state index in [-0.39, 0.29) is 24.6 Å². The minimum atomic E-state index is -0.974. The summed E-state index contributed by atoms with van der Waals surface area (Å²) in [5, 5.41) is 2.62. The van der Waals surface area contributed by atoms with Crippen molar-refractivity contribution in [1.82, 2.24) is 5.32 Å². The quantitative estimate of drug-likeness (QED) is 0.491. The van der Waals surface area contributed by atoms with E-state index in [1.165, 1.54) is 12.2 Å².